The van der Waals surface area contributed by atoms with Crippen molar-refractivity contribution in [2.45, 2.75) is 32.9 Å². The highest BCUT2D eigenvalue weighted by Crippen LogP contribution is 2.20. The lowest BCUT2D eigenvalue weighted by Crippen LogP contribution is -2.28. The molecule has 1 amide bonds. The molecular formula is C20H22N4O2. The Balaban J connectivity index is 1.89. The summed E-state index contributed by atoms with van der Waals surface area (Å²) in [6.07, 6.45) is 1.57. The molecule has 0 aliphatic carbocycles. The summed E-state index contributed by atoms with van der Waals surface area (Å²) in [5.41, 5.74) is 0.965. The van der Waals surface area contributed by atoms with Crippen LogP contribution in [0.5, 0.6) is 0 Å². The van der Waals surface area contributed by atoms with Crippen molar-refractivity contribution in [1.29, 1.82) is 0 Å². The molecule has 134 valence electrons. The molecule has 2 aromatic heterocycles. The molecule has 2 N–H and O–H groups in total. The number of nitrogens with zero attached hydrogens (tertiary/aromatic N) is 2. The van der Waals surface area contributed by atoms with Crippen LogP contribution in [0.4, 0.5) is 5.82 Å². The van der Waals surface area contributed by atoms with Crippen molar-refractivity contribution in [3.05, 3.63) is 66.2 Å². The Morgan fingerprint density at radius 3 is 2.50 bits per heavy atom. The molecule has 0 radical (unpaired) electrons. The van der Waals surface area contributed by atoms with E-state index in [0.29, 0.717) is 29.6 Å². The Hall–Kier alpha value is -3.15. The molecule has 2 heterocycles. The average Bonchev–Trinajstić information content (AvgIpc) is 3.12. The van der Waals surface area contributed by atoms with Gasteiger partial charge in [-0.15, -0.1) is 0 Å². The molecule has 0 saturated heterocycles. The number of hydrogen-bond donors (Lipinski definition) is 2. The zero-order valence-corrected chi connectivity index (χ0v) is 15.1. The van der Waals surface area contributed by atoms with E-state index in [1.165, 1.54) is 0 Å². The van der Waals surface area contributed by atoms with Crippen LogP contribution in [0.3, 0.4) is 0 Å². The molecule has 0 atom stereocenters. The van der Waals surface area contributed by atoms with Gasteiger partial charge in [-0.25, -0.2) is 9.97 Å². The minimum absolute atomic E-state index is 0.190. The third-order valence-corrected chi connectivity index (χ3v) is 3.50. The van der Waals surface area contributed by atoms with Gasteiger partial charge in [-0.1, -0.05) is 30.3 Å². The number of hydrogen-bond acceptors (Lipinski definition) is 5. The Kier molecular flexibility index (Phi) is 5.02. The van der Waals surface area contributed by atoms with Crippen LogP contribution in [0.2, 0.25) is 0 Å². The summed E-state index contributed by atoms with van der Waals surface area (Å²) < 4.78 is 5.24. The van der Waals surface area contributed by atoms with E-state index in [-0.39, 0.29) is 11.4 Å². The van der Waals surface area contributed by atoms with Gasteiger partial charge in [0, 0.05) is 17.2 Å². The quantitative estimate of drug-likeness (QED) is 0.730. The summed E-state index contributed by atoms with van der Waals surface area (Å²) in [6, 6.07) is 14.8. The fraction of sp³-hybridized carbons (Fsp3) is 0.250. The normalized spacial score (nSPS) is 11.2. The zero-order chi connectivity index (χ0) is 18.6. The van der Waals surface area contributed by atoms with E-state index >= 15 is 0 Å². The van der Waals surface area contributed by atoms with Crippen LogP contribution in [0, 0.1) is 0 Å². The van der Waals surface area contributed by atoms with Crippen molar-refractivity contribution in [3.8, 4) is 11.4 Å². The number of nitrogens with one attached hydrogen (secondary N) is 2. The minimum atomic E-state index is -0.280. The summed E-state index contributed by atoms with van der Waals surface area (Å²) >= 11 is 0. The third kappa shape index (κ3) is 4.69. The minimum Gasteiger partial charge on any atom is -0.467 e. The van der Waals surface area contributed by atoms with Crippen LogP contribution in [0.1, 0.15) is 37.0 Å². The Morgan fingerprint density at radius 2 is 1.85 bits per heavy atom. The van der Waals surface area contributed by atoms with Crippen molar-refractivity contribution in [2.75, 3.05) is 5.32 Å². The number of carbonyl (C=O) groups excluding carboxylic acids is 1. The van der Waals surface area contributed by atoms with Crippen molar-refractivity contribution in [2.24, 2.45) is 0 Å². The number of furan rings is 1. The molecule has 0 saturated carbocycles. The van der Waals surface area contributed by atoms with Crippen LogP contribution in [-0.2, 0) is 6.54 Å². The maximum atomic E-state index is 12.6. The standard InChI is InChI=1S/C20H22N4O2/c1-20(2,3)24-17-12-16(19(25)21-13-15-10-7-11-26-15)22-18(23-17)14-8-5-4-6-9-14/h4-12H,13H2,1-3H3,(H,21,25)(H,22,23,24). The SMILES string of the molecule is CC(C)(C)Nc1cc(C(=O)NCc2ccco2)nc(-c2ccccc2)n1. The first kappa shape index (κ1) is 17.7. The number of anilines is 1. The number of carbonyl (C=O) groups is 1. The predicted octanol–water partition coefficient (Wildman–Crippen LogP) is 3.88. The molecule has 3 rings (SSSR count). The smallest absolute Gasteiger partial charge is 0.270 e. The lowest BCUT2D eigenvalue weighted by atomic mass is 10.1. The molecule has 0 bridgehead atoms. The van der Waals surface area contributed by atoms with E-state index < -0.39 is 0 Å². The summed E-state index contributed by atoms with van der Waals surface area (Å²) in [6.45, 7) is 6.41. The Labute approximate surface area is 152 Å². The van der Waals surface area contributed by atoms with Crippen molar-refractivity contribution in [3.63, 3.8) is 0 Å². The highest BCUT2D eigenvalue weighted by atomic mass is 16.3. The van der Waals surface area contributed by atoms with Crippen molar-refractivity contribution in [1.82, 2.24) is 15.3 Å². The van der Waals surface area contributed by atoms with Crippen LogP contribution < -0.4 is 10.6 Å². The molecule has 0 aliphatic rings. The van der Waals surface area contributed by atoms with Crippen molar-refractivity contribution < 1.29 is 9.21 Å². The van der Waals surface area contributed by atoms with Crippen molar-refractivity contribution >= 4 is 11.7 Å². The van der Waals surface area contributed by atoms with Gasteiger partial charge in [0.2, 0.25) is 0 Å². The molecule has 1 aromatic carbocycles. The van der Waals surface area contributed by atoms with Crippen LogP contribution in [0.25, 0.3) is 11.4 Å². The second-order valence-electron chi connectivity index (χ2n) is 6.97. The molecule has 0 spiro atoms. The first-order valence-corrected chi connectivity index (χ1v) is 8.44. The second-order valence-corrected chi connectivity index (χ2v) is 6.97. The molecular weight excluding hydrogens is 328 g/mol. The first-order valence-electron chi connectivity index (χ1n) is 8.44. The van der Waals surface area contributed by atoms with Crippen LogP contribution in [-0.4, -0.2) is 21.4 Å². The van der Waals surface area contributed by atoms with E-state index in [1.807, 2.05) is 57.2 Å². The first-order chi connectivity index (χ1) is 12.4. The van der Waals surface area contributed by atoms with Crippen LogP contribution >= 0.6 is 0 Å². The maximum Gasteiger partial charge on any atom is 0.270 e. The lowest BCUT2D eigenvalue weighted by molar-refractivity contribution is 0.0943. The lowest BCUT2D eigenvalue weighted by Gasteiger charge is -2.22. The summed E-state index contributed by atoms with van der Waals surface area (Å²) in [5.74, 6) is 1.51. The highest BCUT2D eigenvalue weighted by molar-refractivity contribution is 5.93. The van der Waals surface area contributed by atoms with E-state index in [2.05, 4.69) is 20.6 Å². The van der Waals surface area contributed by atoms with Gasteiger partial charge in [0.1, 0.15) is 17.3 Å². The summed E-state index contributed by atoms with van der Waals surface area (Å²) in [4.78, 5) is 21.6. The van der Waals surface area contributed by atoms with Gasteiger partial charge in [0.05, 0.1) is 12.8 Å². The predicted molar refractivity (Wildman–Crippen MR) is 101 cm³/mol. The number of rotatable bonds is 5. The molecule has 26 heavy (non-hydrogen) atoms. The fourth-order valence-electron chi connectivity index (χ4n) is 2.40. The van der Waals surface area contributed by atoms with Gasteiger partial charge in [0.25, 0.3) is 5.91 Å². The second kappa shape index (κ2) is 7.39. The molecule has 0 aliphatic heterocycles. The molecule has 0 unspecified atom stereocenters. The summed E-state index contributed by atoms with van der Waals surface area (Å²) in [5, 5.41) is 6.13. The van der Waals surface area contributed by atoms with Gasteiger partial charge in [0.15, 0.2) is 5.82 Å². The Morgan fingerprint density at radius 1 is 1.08 bits per heavy atom. The van der Waals surface area contributed by atoms with Gasteiger partial charge < -0.3 is 15.1 Å². The maximum absolute atomic E-state index is 12.6. The highest BCUT2D eigenvalue weighted by Gasteiger charge is 2.16. The molecule has 6 heteroatoms. The van der Waals surface area contributed by atoms with E-state index in [1.54, 1.807) is 18.4 Å². The molecule has 0 fully saturated rings. The third-order valence-electron chi connectivity index (χ3n) is 3.50. The average molecular weight is 350 g/mol. The molecule has 3 aromatic rings. The van der Waals surface area contributed by atoms with Gasteiger partial charge in [-0.2, -0.15) is 0 Å². The van der Waals surface area contributed by atoms with Gasteiger partial charge in [-0.3, -0.25) is 4.79 Å². The van der Waals surface area contributed by atoms with E-state index in [0.717, 1.165) is 5.56 Å². The monoisotopic (exact) mass is 350 g/mol. The van der Waals surface area contributed by atoms with Gasteiger partial charge >= 0.3 is 0 Å². The van der Waals surface area contributed by atoms with Gasteiger partial charge in [-0.05, 0) is 32.9 Å². The van der Waals surface area contributed by atoms with Crippen LogP contribution in [0.15, 0.2) is 59.2 Å². The Bertz CT molecular complexity index is 869. The largest absolute Gasteiger partial charge is 0.467 e. The summed E-state index contributed by atoms with van der Waals surface area (Å²) in [7, 11) is 0. The van der Waals surface area contributed by atoms with E-state index in [9.17, 15) is 4.79 Å². The molecule has 6 nitrogen and oxygen atoms in total. The fourth-order valence-corrected chi connectivity index (χ4v) is 2.40. The number of aromatic nitrogens is 2. The van der Waals surface area contributed by atoms with E-state index in [4.69, 9.17) is 4.42 Å². The number of benzene rings is 1. The number of amides is 1. The topological polar surface area (TPSA) is 80.0 Å². The zero-order valence-electron chi connectivity index (χ0n) is 15.1.